The molecule has 0 aromatic heterocycles. The molecule has 0 unspecified atom stereocenters. The molecule has 0 bridgehead atoms. The summed E-state index contributed by atoms with van der Waals surface area (Å²) in [6.07, 6.45) is 2.14. The zero-order valence-electron chi connectivity index (χ0n) is 12.0. The third-order valence-corrected chi connectivity index (χ3v) is 3.87. The van der Waals surface area contributed by atoms with Gasteiger partial charge in [0.15, 0.2) is 0 Å². The Morgan fingerprint density at radius 3 is 2.75 bits per heavy atom. The van der Waals surface area contributed by atoms with E-state index in [9.17, 15) is 4.79 Å². The molecule has 0 spiro atoms. The highest BCUT2D eigenvalue weighted by atomic mass is 35.5. The van der Waals surface area contributed by atoms with Gasteiger partial charge in [-0.2, -0.15) is 0 Å². The Morgan fingerprint density at radius 1 is 1.40 bits per heavy atom. The van der Waals surface area contributed by atoms with Crippen LogP contribution in [0, 0.1) is 5.92 Å². The molecule has 20 heavy (non-hydrogen) atoms. The lowest BCUT2D eigenvalue weighted by Crippen LogP contribution is -2.23. The van der Waals surface area contributed by atoms with E-state index < -0.39 is 0 Å². The molecule has 1 aliphatic heterocycles. The number of amides is 1. The Kier molecular flexibility index (Phi) is 5.26. The van der Waals surface area contributed by atoms with Crippen LogP contribution in [0.25, 0.3) is 0 Å². The van der Waals surface area contributed by atoms with E-state index in [2.05, 4.69) is 5.32 Å². The average Bonchev–Trinajstić information content (AvgIpc) is 2.46. The molecule has 5 heteroatoms. The molecule has 110 valence electrons. The molecule has 1 amide bonds. The van der Waals surface area contributed by atoms with E-state index in [-0.39, 0.29) is 5.91 Å². The summed E-state index contributed by atoms with van der Waals surface area (Å²) >= 11 is 6.19. The Morgan fingerprint density at radius 2 is 2.10 bits per heavy atom. The van der Waals surface area contributed by atoms with Crippen LogP contribution in [0.3, 0.4) is 0 Å². The summed E-state index contributed by atoms with van der Waals surface area (Å²) in [5.74, 6) is 0.587. The first-order valence-corrected chi connectivity index (χ1v) is 7.28. The van der Waals surface area contributed by atoms with Gasteiger partial charge in [0.1, 0.15) is 0 Å². The Balaban J connectivity index is 2.02. The summed E-state index contributed by atoms with van der Waals surface area (Å²) in [5.41, 5.74) is 1.47. The van der Waals surface area contributed by atoms with Crippen LogP contribution in [0.5, 0.6) is 0 Å². The highest BCUT2D eigenvalue weighted by Gasteiger charge is 2.15. The van der Waals surface area contributed by atoms with Crippen molar-refractivity contribution in [1.29, 1.82) is 0 Å². The Labute approximate surface area is 125 Å². The molecule has 1 aromatic rings. The molecular formula is C15H21ClN2O2. The maximum Gasteiger partial charge on any atom is 0.253 e. The number of rotatable bonds is 4. The molecule has 1 fully saturated rings. The van der Waals surface area contributed by atoms with Crippen LogP contribution < -0.4 is 5.32 Å². The predicted molar refractivity (Wildman–Crippen MR) is 81.5 cm³/mol. The second-order valence-electron chi connectivity index (χ2n) is 5.33. The van der Waals surface area contributed by atoms with Gasteiger partial charge in [-0.15, -0.1) is 0 Å². The standard InChI is InChI=1S/C15H21ClN2O2/c1-18(2)15(19)12-3-4-13(16)14(9-12)17-10-11-5-7-20-8-6-11/h3-4,9,11,17H,5-8,10H2,1-2H3. The third kappa shape index (κ3) is 3.87. The van der Waals surface area contributed by atoms with Gasteiger partial charge in [0.25, 0.3) is 5.91 Å². The Bertz CT molecular complexity index is 471. The first-order valence-electron chi connectivity index (χ1n) is 6.90. The maximum atomic E-state index is 12.0. The fraction of sp³-hybridized carbons (Fsp3) is 0.533. The van der Waals surface area contributed by atoms with Crippen molar-refractivity contribution >= 4 is 23.2 Å². The van der Waals surface area contributed by atoms with E-state index in [1.807, 2.05) is 6.07 Å². The molecule has 0 aliphatic carbocycles. The van der Waals surface area contributed by atoms with Crippen molar-refractivity contribution in [2.45, 2.75) is 12.8 Å². The molecule has 4 nitrogen and oxygen atoms in total. The van der Waals surface area contributed by atoms with Crippen molar-refractivity contribution in [3.05, 3.63) is 28.8 Å². The average molecular weight is 297 g/mol. The zero-order valence-corrected chi connectivity index (χ0v) is 12.7. The molecule has 1 heterocycles. The molecule has 1 N–H and O–H groups in total. The van der Waals surface area contributed by atoms with Gasteiger partial charge in [-0.3, -0.25) is 4.79 Å². The topological polar surface area (TPSA) is 41.6 Å². The van der Waals surface area contributed by atoms with E-state index in [0.717, 1.165) is 38.3 Å². The van der Waals surface area contributed by atoms with Gasteiger partial charge in [-0.05, 0) is 37.0 Å². The first kappa shape index (κ1) is 15.1. The number of hydrogen-bond acceptors (Lipinski definition) is 3. The van der Waals surface area contributed by atoms with Gasteiger partial charge in [0.05, 0.1) is 10.7 Å². The SMILES string of the molecule is CN(C)C(=O)c1ccc(Cl)c(NCC2CCOCC2)c1. The zero-order chi connectivity index (χ0) is 14.5. The lowest BCUT2D eigenvalue weighted by Gasteiger charge is -2.23. The van der Waals surface area contributed by atoms with Crippen molar-refractivity contribution in [2.24, 2.45) is 5.92 Å². The minimum absolute atomic E-state index is 0.0178. The summed E-state index contributed by atoms with van der Waals surface area (Å²) in [5, 5.41) is 4.00. The number of hydrogen-bond donors (Lipinski definition) is 1. The van der Waals surface area contributed by atoms with E-state index in [4.69, 9.17) is 16.3 Å². The minimum atomic E-state index is -0.0178. The number of carbonyl (C=O) groups excluding carboxylic acids is 1. The number of anilines is 1. The lowest BCUT2D eigenvalue weighted by atomic mass is 10.0. The van der Waals surface area contributed by atoms with Gasteiger partial charge in [-0.1, -0.05) is 11.6 Å². The molecule has 1 aliphatic rings. The van der Waals surface area contributed by atoms with Gasteiger partial charge in [-0.25, -0.2) is 0 Å². The predicted octanol–water partition coefficient (Wildman–Crippen LogP) is 2.88. The number of halogens is 1. The Hall–Kier alpha value is -1.26. The summed E-state index contributed by atoms with van der Waals surface area (Å²) < 4.78 is 5.35. The molecule has 0 radical (unpaired) electrons. The minimum Gasteiger partial charge on any atom is -0.384 e. The van der Waals surface area contributed by atoms with Gasteiger partial charge in [0.2, 0.25) is 0 Å². The number of carbonyl (C=O) groups is 1. The largest absolute Gasteiger partial charge is 0.384 e. The van der Waals surface area contributed by atoms with Crippen LogP contribution in [0.4, 0.5) is 5.69 Å². The second-order valence-corrected chi connectivity index (χ2v) is 5.74. The number of ether oxygens (including phenoxy) is 1. The van der Waals surface area contributed by atoms with Crippen LogP contribution in [0.2, 0.25) is 5.02 Å². The molecule has 1 aromatic carbocycles. The van der Waals surface area contributed by atoms with Crippen LogP contribution in [-0.4, -0.2) is 44.7 Å². The number of benzene rings is 1. The second kappa shape index (κ2) is 6.95. The molecular weight excluding hydrogens is 276 g/mol. The summed E-state index contributed by atoms with van der Waals surface area (Å²) in [6, 6.07) is 5.35. The highest BCUT2D eigenvalue weighted by Crippen LogP contribution is 2.25. The quantitative estimate of drug-likeness (QED) is 0.929. The summed E-state index contributed by atoms with van der Waals surface area (Å²) in [6.45, 7) is 2.53. The molecule has 2 rings (SSSR count). The van der Waals surface area contributed by atoms with Gasteiger partial charge >= 0.3 is 0 Å². The van der Waals surface area contributed by atoms with Crippen molar-refractivity contribution < 1.29 is 9.53 Å². The van der Waals surface area contributed by atoms with E-state index >= 15 is 0 Å². The fourth-order valence-electron chi connectivity index (χ4n) is 2.26. The van der Waals surface area contributed by atoms with E-state index in [1.54, 1.807) is 31.1 Å². The lowest BCUT2D eigenvalue weighted by molar-refractivity contribution is 0.0699. The monoisotopic (exact) mass is 296 g/mol. The molecule has 0 saturated carbocycles. The van der Waals surface area contributed by atoms with Crippen LogP contribution in [-0.2, 0) is 4.74 Å². The van der Waals surface area contributed by atoms with E-state index in [0.29, 0.717) is 16.5 Å². The van der Waals surface area contributed by atoms with Crippen molar-refractivity contribution in [3.8, 4) is 0 Å². The highest BCUT2D eigenvalue weighted by molar-refractivity contribution is 6.33. The summed E-state index contributed by atoms with van der Waals surface area (Å²) in [7, 11) is 3.48. The maximum absolute atomic E-state index is 12.0. The molecule has 1 saturated heterocycles. The van der Waals surface area contributed by atoms with Crippen molar-refractivity contribution in [2.75, 3.05) is 39.2 Å². The van der Waals surface area contributed by atoms with Crippen molar-refractivity contribution in [3.63, 3.8) is 0 Å². The molecule has 0 atom stereocenters. The number of nitrogens with one attached hydrogen (secondary N) is 1. The summed E-state index contributed by atoms with van der Waals surface area (Å²) in [4.78, 5) is 13.5. The van der Waals surface area contributed by atoms with Crippen LogP contribution in [0.15, 0.2) is 18.2 Å². The number of nitrogens with zero attached hydrogens (tertiary/aromatic N) is 1. The van der Waals surface area contributed by atoms with Crippen LogP contribution in [0.1, 0.15) is 23.2 Å². The normalized spacial score (nSPS) is 15.9. The first-order chi connectivity index (χ1) is 9.58. The van der Waals surface area contributed by atoms with E-state index in [1.165, 1.54) is 0 Å². The fourth-order valence-corrected chi connectivity index (χ4v) is 2.44. The van der Waals surface area contributed by atoms with Gasteiger partial charge < -0.3 is 15.0 Å². The smallest absolute Gasteiger partial charge is 0.253 e. The third-order valence-electron chi connectivity index (χ3n) is 3.54. The van der Waals surface area contributed by atoms with Crippen molar-refractivity contribution in [1.82, 2.24) is 4.90 Å². The van der Waals surface area contributed by atoms with Gasteiger partial charge in [0, 0.05) is 39.4 Å². The van der Waals surface area contributed by atoms with Crippen LogP contribution >= 0.6 is 11.6 Å².